The van der Waals surface area contributed by atoms with Crippen molar-refractivity contribution >= 4 is 17.8 Å². The van der Waals surface area contributed by atoms with Crippen LogP contribution in [0.3, 0.4) is 0 Å². The third-order valence-electron chi connectivity index (χ3n) is 3.59. The van der Waals surface area contributed by atoms with Gasteiger partial charge in [0.05, 0.1) is 12.4 Å². The van der Waals surface area contributed by atoms with Crippen molar-refractivity contribution in [2.75, 3.05) is 26.2 Å². The SMILES string of the molecule is CC(C)(C)C(=O)N1CCN(C(=O)c2cnc(C(=O)O)cn2)CC1. The maximum atomic E-state index is 12.3. The van der Waals surface area contributed by atoms with Crippen LogP contribution < -0.4 is 0 Å². The maximum absolute atomic E-state index is 12.3. The predicted molar refractivity (Wildman–Crippen MR) is 80.9 cm³/mol. The molecule has 1 aromatic heterocycles. The van der Waals surface area contributed by atoms with Crippen LogP contribution in [0.25, 0.3) is 0 Å². The van der Waals surface area contributed by atoms with Gasteiger partial charge in [-0.25, -0.2) is 14.8 Å². The second kappa shape index (κ2) is 6.31. The van der Waals surface area contributed by atoms with E-state index in [0.717, 1.165) is 6.20 Å². The van der Waals surface area contributed by atoms with Crippen molar-refractivity contribution in [1.29, 1.82) is 0 Å². The molecule has 124 valence electrons. The third kappa shape index (κ3) is 3.82. The summed E-state index contributed by atoms with van der Waals surface area (Å²) in [5, 5.41) is 8.77. The molecule has 1 saturated heterocycles. The molecule has 2 heterocycles. The molecule has 0 unspecified atom stereocenters. The smallest absolute Gasteiger partial charge is 0.356 e. The molecule has 0 aromatic carbocycles. The van der Waals surface area contributed by atoms with Crippen molar-refractivity contribution < 1.29 is 19.5 Å². The van der Waals surface area contributed by atoms with Crippen LogP contribution in [-0.2, 0) is 4.79 Å². The summed E-state index contributed by atoms with van der Waals surface area (Å²) in [5.41, 5.74) is -0.544. The van der Waals surface area contributed by atoms with Crippen LogP contribution in [0.4, 0.5) is 0 Å². The number of hydrogen-bond donors (Lipinski definition) is 1. The number of carboxylic acids is 1. The van der Waals surface area contributed by atoms with Crippen LogP contribution in [-0.4, -0.2) is 68.8 Å². The van der Waals surface area contributed by atoms with Gasteiger partial charge in [-0.3, -0.25) is 9.59 Å². The van der Waals surface area contributed by atoms with Gasteiger partial charge in [-0.05, 0) is 0 Å². The van der Waals surface area contributed by atoms with Crippen molar-refractivity contribution in [2.24, 2.45) is 5.41 Å². The fourth-order valence-electron chi connectivity index (χ4n) is 2.30. The molecule has 8 nitrogen and oxygen atoms in total. The Morgan fingerprint density at radius 3 is 1.87 bits per heavy atom. The Morgan fingerprint density at radius 1 is 0.957 bits per heavy atom. The Kier molecular flexibility index (Phi) is 4.63. The van der Waals surface area contributed by atoms with Crippen LogP contribution in [0, 0.1) is 5.41 Å². The molecule has 0 saturated carbocycles. The summed E-state index contributed by atoms with van der Waals surface area (Å²) in [7, 11) is 0. The van der Waals surface area contributed by atoms with E-state index in [4.69, 9.17) is 5.11 Å². The van der Waals surface area contributed by atoms with Crippen molar-refractivity contribution in [3.05, 3.63) is 23.8 Å². The summed E-state index contributed by atoms with van der Waals surface area (Å²) in [5.74, 6) is -1.43. The van der Waals surface area contributed by atoms with E-state index in [1.807, 2.05) is 20.8 Å². The number of amides is 2. The molecule has 8 heteroatoms. The summed E-state index contributed by atoms with van der Waals surface area (Å²) < 4.78 is 0. The van der Waals surface area contributed by atoms with Crippen LogP contribution in [0.1, 0.15) is 41.7 Å². The van der Waals surface area contributed by atoms with Crippen molar-refractivity contribution in [2.45, 2.75) is 20.8 Å². The largest absolute Gasteiger partial charge is 0.476 e. The van der Waals surface area contributed by atoms with E-state index in [-0.39, 0.29) is 23.2 Å². The molecule has 0 spiro atoms. The first-order valence-corrected chi connectivity index (χ1v) is 7.34. The molecule has 1 fully saturated rings. The summed E-state index contributed by atoms with van der Waals surface area (Å²) in [4.78, 5) is 46.2. The van der Waals surface area contributed by atoms with Gasteiger partial charge in [0.15, 0.2) is 5.69 Å². The van der Waals surface area contributed by atoms with E-state index >= 15 is 0 Å². The lowest BCUT2D eigenvalue weighted by Crippen LogP contribution is -2.53. The highest BCUT2D eigenvalue weighted by molar-refractivity contribution is 5.93. The number of hydrogen-bond acceptors (Lipinski definition) is 5. The normalized spacial score (nSPS) is 15.4. The molecule has 23 heavy (non-hydrogen) atoms. The molecule has 1 aliphatic rings. The highest BCUT2D eigenvalue weighted by atomic mass is 16.4. The number of aromatic carboxylic acids is 1. The highest BCUT2D eigenvalue weighted by Gasteiger charge is 2.31. The van der Waals surface area contributed by atoms with Gasteiger partial charge in [-0.15, -0.1) is 0 Å². The van der Waals surface area contributed by atoms with Crippen LogP contribution in [0.15, 0.2) is 12.4 Å². The molecule has 0 atom stereocenters. The zero-order valence-corrected chi connectivity index (χ0v) is 13.4. The molecule has 1 aliphatic heterocycles. The van der Waals surface area contributed by atoms with Gasteiger partial charge < -0.3 is 14.9 Å². The molecular weight excluding hydrogens is 300 g/mol. The minimum Gasteiger partial charge on any atom is -0.476 e. The average Bonchev–Trinajstić information content (AvgIpc) is 2.53. The van der Waals surface area contributed by atoms with E-state index < -0.39 is 11.4 Å². The topological polar surface area (TPSA) is 104 Å². The average molecular weight is 320 g/mol. The van der Waals surface area contributed by atoms with Crippen LogP contribution >= 0.6 is 0 Å². The van der Waals surface area contributed by atoms with E-state index in [2.05, 4.69) is 9.97 Å². The number of piperazine rings is 1. The molecule has 0 bridgehead atoms. The third-order valence-corrected chi connectivity index (χ3v) is 3.59. The zero-order valence-electron chi connectivity index (χ0n) is 13.4. The van der Waals surface area contributed by atoms with Crippen molar-refractivity contribution in [3.63, 3.8) is 0 Å². The number of aromatic nitrogens is 2. The van der Waals surface area contributed by atoms with E-state index in [1.54, 1.807) is 9.80 Å². The van der Waals surface area contributed by atoms with Gasteiger partial charge in [0.2, 0.25) is 5.91 Å². The first-order valence-electron chi connectivity index (χ1n) is 7.34. The Morgan fingerprint density at radius 2 is 1.43 bits per heavy atom. The Balaban J connectivity index is 1.98. The second-order valence-electron chi connectivity index (χ2n) is 6.43. The van der Waals surface area contributed by atoms with Gasteiger partial charge in [0.1, 0.15) is 5.69 Å². The monoisotopic (exact) mass is 320 g/mol. The second-order valence-corrected chi connectivity index (χ2v) is 6.43. The number of carbonyl (C=O) groups is 3. The number of rotatable bonds is 2. The van der Waals surface area contributed by atoms with Crippen LogP contribution in [0.5, 0.6) is 0 Å². The van der Waals surface area contributed by atoms with E-state index in [0.29, 0.717) is 26.2 Å². The highest BCUT2D eigenvalue weighted by Crippen LogP contribution is 2.19. The molecule has 1 aromatic rings. The summed E-state index contributed by atoms with van der Waals surface area (Å²) in [6.45, 7) is 7.39. The Bertz CT molecular complexity index is 613. The molecular formula is C15H20N4O4. The van der Waals surface area contributed by atoms with Crippen molar-refractivity contribution in [1.82, 2.24) is 19.8 Å². The van der Waals surface area contributed by atoms with Gasteiger partial charge in [-0.1, -0.05) is 20.8 Å². The first kappa shape index (κ1) is 16.9. The predicted octanol–water partition coefficient (Wildman–Crippen LogP) is 0.505. The maximum Gasteiger partial charge on any atom is 0.356 e. The minimum absolute atomic E-state index is 0.0650. The zero-order chi connectivity index (χ0) is 17.2. The standard InChI is InChI=1S/C15H20N4O4/c1-15(2,3)14(23)19-6-4-18(5-7-19)12(20)10-8-17-11(9-16-10)13(21)22/h8-9H,4-7H2,1-3H3,(H,21,22). The Hall–Kier alpha value is -2.51. The van der Waals surface area contributed by atoms with E-state index in [1.165, 1.54) is 6.20 Å². The number of nitrogens with zero attached hydrogens (tertiary/aromatic N) is 4. The van der Waals surface area contributed by atoms with Gasteiger partial charge in [0.25, 0.3) is 5.91 Å². The van der Waals surface area contributed by atoms with Crippen LogP contribution in [0.2, 0.25) is 0 Å². The minimum atomic E-state index is -1.19. The lowest BCUT2D eigenvalue weighted by Gasteiger charge is -2.37. The lowest BCUT2D eigenvalue weighted by atomic mass is 9.94. The fourth-order valence-corrected chi connectivity index (χ4v) is 2.30. The van der Waals surface area contributed by atoms with Gasteiger partial charge in [0, 0.05) is 31.6 Å². The summed E-state index contributed by atoms with van der Waals surface area (Å²) >= 11 is 0. The van der Waals surface area contributed by atoms with Gasteiger partial charge >= 0.3 is 5.97 Å². The number of carboxylic acid groups (broad SMARTS) is 1. The first-order chi connectivity index (χ1) is 10.7. The lowest BCUT2D eigenvalue weighted by molar-refractivity contribution is -0.140. The fraction of sp³-hybridized carbons (Fsp3) is 0.533. The molecule has 2 rings (SSSR count). The molecule has 1 N–H and O–H groups in total. The summed E-state index contributed by atoms with van der Waals surface area (Å²) in [6, 6.07) is 0. The van der Waals surface area contributed by atoms with Crippen molar-refractivity contribution in [3.8, 4) is 0 Å². The van der Waals surface area contributed by atoms with Gasteiger partial charge in [-0.2, -0.15) is 0 Å². The molecule has 2 amide bonds. The van der Waals surface area contributed by atoms with E-state index in [9.17, 15) is 14.4 Å². The Labute approximate surface area is 134 Å². The quantitative estimate of drug-likeness (QED) is 0.851. The summed E-state index contributed by atoms with van der Waals surface area (Å²) in [6.07, 6.45) is 2.23. The molecule has 0 radical (unpaired) electrons. The number of carbonyl (C=O) groups excluding carboxylic acids is 2. The molecule has 0 aliphatic carbocycles.